The Balaban J connectivity index is 1.49. The molecule has 2 atom stereocenters. The topological polar surface area (TPSA) is 176 Å². The smallest absolute Gasteiger partial charge is 0.276 e. The predicted octanol–water partition coefficient (Wildman–Crippen LogP) is -0.568. The number of nitrogens with one attached hydrogen (secondary N) is 1. The van der Waals surface area contributed by atoms with Gasteiger partial charge >= 0.3 is 0 Å². The summed E-state index contributed by atoms with van der Waals surface area (Å²) < 4.78 is 0.706. The summed E-state index contributed by atoms with van der Waals surface area (Å²) in [7, 11) is 1.27. The van der Waals surface area contributed by atoms with Gasteiger partial charge in [-0.25, -0.2) is 4.98 Å². The third-order valence-electron chi connectivity index (χ3n) is 4.57. The standard InChI is InChI=1S/C17H17N7O5S4/c1-6-21-22-17(33-6)32-4-7-3-30-14-10(13(26)24(14)11(7)15(27)28)20-12(25)9(23-29-2)8-5-31-16(18)19-8/h5,10,14H,3-4H2,1-2H3,(H2,18,19)(H,20,25)(H,27,28)/p-1. The molecule has 12 nitrogen and oxygen atoms in total. The maximum absolute atomic E-state index is 12.8. The first-order chi connectivity index (χ1) is 15.8. The second kappa shape index (κ2) is 9.66. The number of aromatic nitrogens is 3. The number of carbonyl (C=O) groups is 3. The van der Waals surface area contributed by atoms with E-state index in [0.717, 1.165) is 21.2 Å². The lowest BCUT2D eigenvalue weighted by molar-refractivity contribution is -0.301. The number of carbonyl (C=O) groups excluding carboxylic acids is 3. The molecular weight excluding hydrogens is 510 g/mol. The van der Waals surface area contributed by atoms with Gasteiger partial charge in [0.1, 0.15) is 29.2 Å². The maximum Gasteiger partial charge on any atom is 0.276 e. The largest absolute Gasteiger partial charge is 0.543 e. The van der Waals surface area contributed by atoms with Gasteiger partial charge in [0.25, 0.3) is 11.8 Å². The maximum atomic E-state index is 12.8. The fraction of sp³-hybridized carbons (Fsp3) is 0.353. The Hall–Kier alpha value is -2.69. The van der Waals surface area contributed by atoms with Crippen LogP contribution in [0.2, 0.25) is 0 Å². The monoisotopic (exact) mass is 526 g/mol. The molecule has 33 heavy (non-hydrogen) atoms. The van der Waals surface area contributed by atoms with Gasteiger partial charge in [0.05, 0.1) is 11.7 Å². The van der Waals surface area contributed by atoms with Crippen LogP contribution in [0.4, 0.5) is 5.13 Å². The Labute approximate surface area is 203 Å². The number of β-lactam (4-membered cyclic amide) rings is 1. The van der Waals surface area contributed by atoms with Crippen molar-refractivity contribution in [1.82, 2.24) is 25.4 Å². The summed E-state index contributed by atoms with van der Waals surface area (Å²) in [5, 5.41) is 28.1. The van der Waals surface area contributed by atoms with E-state index in [1.165, 1.54) is 47.4 Å². The van der Waals surface area contributed by atoms with Crippen molar-refractivity contribution in [3.05, 3.63) is 27.4 Å². The van der Waals surface area contributed by atoms with Crippen LogP contribution < -0.4 is 16.2 Å². The van der Waals surface area contributed by atoms with Crippen molar-refractivity contribution >= 4 is 74.8 Å². The molecule has 3 N–H and O–H groups in total. The van der Waals surface area contributed by atoms with E-state index in [1.54, 1.807) is 0 Å². The summed E-state index contributed by atoms with van der Waals surface area (Å²) in [6.07, 6.45) is 0. The fourth-order valence-electron chi connectivity index (χ4n) is 3.17. The number of rotatable bonds is 8. The van der Waals surface area contributed by atoms with E-state index in [9.17, 15) is 19.5 Å². The van der Waals surface area contributed by atoms with Gasteiger partial charge in [-0.2, -0.15) is 0 Å². The van der Waals surface area contributed by atoms with Crippen molar-refractivity contribution in [3.63, 3.8) is 0 Å². The number of carboxylic acids is 1. The van der Waals surface area contributed by atoms with E-state index in [-0.39, 0.29) is 22.2 Å². The second-order valence-corrected chi connectivity index (χ2v) is 11.1. The molecule has 0 aromatic carbocycles. The summed E-state index contributed by atoms with van der Waals surface area (Å²) in [5.74, 6) is -2.00. The third-order valence-corrected chi connectivity index (χ3v) is 8.64. The van der Waals surface area contributed by atoms with E-state index < -0.39 is 29.2 Å². The molecule has 2 aliphatic heterocycles. The number of oxime groups is 1. The summed E-state index contributed by atoms with van der Waals surface area (Å²) in [5.41, 5.74) is 6.07. The number of nitrogens with two attached hydrogens (primary N) is 1. The Morgan fingerprint density at radius 2 is 2.24 bits per heavy atom. The fourth-order valence-corrected chi connectivity index (χ4v) is 7.02. The molecular formula is C17H16N7O5S4-. The zero-order valence-corrected chi connectivity index (χ0v) is 20.4. The van der Waals surface area contributed by atoms with Gasteiger partial charge in [-0.3, -0.25) is 14.5 Å². The first-order valence-electron chi connectivity index (χ1n) is 9.24. The van der Waals surface area contributed by atoms with Gasteiger partial charge in [-0.15, -0.1) is 33.3 Å². The molecule has 2 aromatic heterocycles. The quantitative estimate of drug-likeness (QED) is 0.195. The lowest BCUT2D eigenvalue weighted by Gasteiger charge is -2.50. The number of nitrogen functional groups attached to an aromatic ring is 1. The Morgan fingerprint density at radius 1 is 1.45 bits per heavy atom. The van der Waals surface area contributed by atoms with Crippen LogP contribution in [0.3, 0.4) is 0 Å². The molecule has 4 heterocycles. The molecule has 174 valence electrons. The van der Waals surface area contributed by atoms with Crippen molar-refractivity contribution in [2.45, 2.75) is 22.7 Å². The number of hydrogen-bond donors (Lipinski definition) is 2. The van der Waals surface area contributed by atoms with Gasteiger partial charge < -0.3 is 25.8 Å². The molecule has 16 heteroatoms. The molecule has 4 rings (SSSR count). The highest BCUT2D eigenvalue weighted by molar-refractivity contribution is 8.01. The number of aliphatic carboxylic acids is 1. The van der Waals surface area contributed by atoms with Crippen molar-refractivity contribution in [3.8, 4) is 0 Å². The molecule has 0 aliphatic carbocycles. The van der Waals surface area contributed by atoms with Gasteiger partial charge in [0.15, 0.2) is 15.2 Å². The molecule has 2 aliphatic rings. The number of fused-ring (bicyclic) bond motifs is 1. The molecule has 1 fully saturated rings. The van der Waals surface area contributed by atoms with Crippen LogP contribution in [-0.2, 0) is 19.2 Å². The van der Waals surface area contributed by atoms with E-state index in [2.05, 4.69) is 25.7 Å². The first-order valence-corrected chi connectivity index (χ1v) is 13.0. The summed E-state index contributed by atoms with van der Waals surface area (Å²) >= 11 is 5.23. The van der Waals surface area contributed by atoms with E-state index in [1.807, 2.05) is 6.92 Å². The van der Waals surface area contributed by atoms with Crippen molar-refractivity contribution < 1.29 is 24.3 Å². The zero-order valence-electron chi connectivity index (χ0n) is 17.1. The third kappa shape index (κ3) is 4.68. The minimum absolute atomic E-state index is 0.141. The van der Waals surface area contributed by atoms with Crippen LogP contribution in [0.5, 0.6) is 0 Å². The van der Waals surface area contributed by atoms with Gasteiger partial charge in [-0.1, -0.05) is 28.3 Å². The van der Waals surface area contributed by atoms with E-state index in [0.29, 0.717) is 21.4 Å². The van der Waals surface area contributed by atoms with E-state index >= 15 is 0 Å². The van der Waals surface area contributed by atoms with Gasteiger partial charge in [-0.05, 0) is 12.5 Å². The van der Waals surface area contributed by atoms with Gasteiger partial charge in [0.2, 0.25) is 0 Å². The minimum Gasteiger partial charge on any atom is -0.543 e. The summed E-state index contributed by atoms with van der Waals surface area (Å²) in [4.78, 5) is 47.4. The highest BCUT2D eigenvalue weighted by Gasteiger charge is 2.53. The van der Waals surface area contributed by atoms with Crippen LogP contribution in [0, 0.1) is 6.92 Å². The summed E-state index contributed by atoms with van der Waals surface area (Å²) in [6, 6.07) is -0.935. The van der Waals surface area contributed by atoms with Crippen LogP contribution >= 0.6 is 46.2 Å². The number of hydrogen-bond acceptors (Lipinski definition) is 14. The number of anilines is 1. The molecule has 1 saturated heterocycles. The van der Waals surface area contributed by atoms with Crippen LogP contribution in [0.25, 0.3) is 0 Å². The Bertz CT molecular complexity index is 1180. The molecule has 0 bridgehead atoms. The first kappa shape index (κ1) is 23.5. The minimum atomic E-state index is -1.44. The molecule has 2 aromatic rings. The molecule has 2 amide bonds. The van der Waals surface area contributed by atoms with Crippen LogP contribution in [0.15, 0.2) is 26.1 Å². The average molecular weight is 527 g/mol. The number of aryl methyl sites for hydroxylation is 1. The average Bonchev–Trinajstić information content (AvgIpc) is 3.40. The lowest BCUT2D eigenvalue weighted by Crippen LogP contribution is -2.71. The lowest BCUT2D eigenvalue weighted by atomic mass is 10.0. The van der Waals surface area contributed by atoms with E-state index in [4.69, 9.17) is 10.6 Å². The number of amides is 2. The highest BCUT2D eigenvalue weighted by Crippen LogP contribution is 2.41. The van der Waals surface area contributed by atoms with Crippen LogP contribution in [-0.4, -0.2) is 73.6 Å². The predicted molar refractivity (Wildman–Crippen MR) is 122 cm³/mol. The van der Waals surface area contributed by atoms with Gasteiger partial charge in [0, 0.05) is 16.9 Å². The number of thioether (sulfide) groups is 2. The number of nitrogens with zero attached hydrogens (tertiary/aromatic N) is 5. The summed E-state index contributed by atoms with van der Waals surface area (Å²) in [6.45, 7) is 1.83. The van der Waals surface area contributed by atoms with Crippen molar-refractivity contribution in [2.24, 2.45) is 5.16 Å². The van der Waals surface area contributed by atoms with Crippen LogP contribution in [0.1, 0.15) is 10.7 Å². The highest BCUT2D eigenvalue weighted by atomic mass is 32.2. The molecule has 2 unspecified atom stereocenters. The molecule has 0 radical (unpaired) electrons. The SMILES string of the molecule is CON=C(C(=O)NC1C(=O)N2C(C(=O)[O-])=C(CSc3nnc(C)s3)CSC12)c1csc(N)n1. The number of carboxylic acid groups (broad SMARTS) is 1. The zero-order chi connectivity index (χ0) is 23.7. The molecule has 0 spiro atoms. The van der Waals surface area contributed by atoms with Crippen molar-refractivity contribution in [2.75, 3.05) is 24.3 Å². The molecule has 0 saturated carbocycles. The number of thiazole rings is 1. The Kier molecular flexibility index (Phi) is 6.87. The second-order valence-electron chi connectivity index (χ2n) is 6.67. The normalized spacial score (nSPS) is 20.4. The van der Waals surface area contributed by atoms with Crippen molar-refractivity contribution in [1.29, 1.82) is 0 Å². The Morgan fingerprint density at radius 3 is 2.85 bits per heavy atom.